The average molecular weight is 391 g/mol. The summed E-state index contributed by atoms with van der Waals surface area (Å²) >= 11 is 5.98. The maximum absolute atomic E-state index is 12.4. The largest absolute Gasteiger partial charge is 0.497 e. The van der Waals surface area contributed by atoms with Crippen LogP contribution in [0.2, 0.25) is 5.02 Å². The van der Waals surface area contributed by atoms with E-state index in [1.165, 1.54) is 6.07 Å². The number of amides is 2. The Morgan fingerprint density at radius 3 is 2.41 bits per heavy atom. The van der Waals surface area contributed by atoms with E-state index in [1.807, 2.05) is 38.1 Å². The van der Waals surface area contributed by atoms with Gasteiger partial charge in [-0.05, 0) is 49.7 Å². The molecule has 144 valence electrons. The van der Waals surface area contributed by atoms with E-state index in [4.69, 9.17) is 21.1 Å². The van der Waals surface area contributed by atoms with Gasteiger partial charge in [-0.15, -0.1) is 0 Å². The standard InChI is InChI=1S/C20H23ClN2O4/c1-13(2)27-18-9-6-15(21)10-17(18)20(25)23-12-19(24)22-11-14-4-7-16(26-3)8-5-14/h4-10,13H,11-12H2,1-3H3,(H,22,24)(H,23,25). The highest BCUT2D eigenvalue weighted by molar-refractivity contribution is 6.31. The molecule has 2 N–H and O–H groups in total. The van der Waals surface area contributed by atoms with Gasteiger partial charge in [0.05, 0.1) is 25.3 Å². The van der Waals surface area contributed by atoms with Crippen LogP contribution in [0.4, 0.5) is 0 Å². The van der Waals surface area contributed by atoms with E-state index in [0.29, 0.717) is 22.9 Å². The first kappa shape index (κ1) is 20.6. The summed E-state index contributed by atoms with van der Waals surface area (Å²) in [5.41, 5.74) is 1.22. The highest BCUT2D eigenvalue weighted by Crippen LogP contribution is 2.23. The Morgan fingerprint density at radius 2 is 1.78 bits per heavy atom. The number of benzene rings is 2. The summed E-state index contributed by atoms with van der Waals surface area (Å²) in [6.07, 6.45) is -0.0921. The molecule has 0 heterocycles. The smallest absolute Gasteiger partial charge is 0.255 e. The minimum absolute atomic E-state index is 0.0921. The number of ether oxygens (including phenoxy) is 2. The maximum atomic E-state index is 12.4. The van der Waals surface area contributed by atoms with Crippen molar-refractivity contribution < 1.29 is 19.1 Å². The molecule has 0 aliphatic rings. The lowest BCUT2D eigenvalue weighted by Crippen LogP contribution is -2.36. The van der Waals surface area contributed by atoms with Crippen LogP contribution in [0, 0.1) is 0 Å². The number of hydrogen-bond donors (Lipinski definition) is 2. The third-order valence-electron chi connectivity index (χ3n) is 3.61. The zero-order chi connectivity index (χ0) is 19.8. The van der Waals surface area contributed by atoms with Gasteiger partial charge in [0.15, 0.2) is 0 Å². The van der Waals surface area contributed by atoms with E-state index >= 15 is 0 Å². The molecule has 0 radical (unpaired) electrons. The van der Waals surface area contributed by atoms with E-state index in [-0.39, 0.29) is 18.6 Å². The summed E-state index contributed by atoms with van der Waals surface area (Å²) in [5.74, 6) is 0.448. The van der Waals surface area contributed by atoms with Crippen molar-refractivity contribution in [1.82, 2.24) is 10.6 Å². The molecular formula is C20H23ClN2O4. The van der Waals surface area contributed by atoms with Crippen LogP contribution in [0.5, 0.6) is 11.5 Å². The van der Waals surface area contributed by atoms with Crippen molar-refractivity contribution in [3.05, 3.63) is 58.6 Å². The van der Waals surface area contributed by atoms with E-state index in [1.54, 1.807) is 19.2 Å². The molecule has 2 rings (SSSR count). The van der Waals surface area contributed by atoms with Gasteiger partial charge in [-0.2, -0.15) is 0 Å². The molecule has 2 aromatic rings. The average Bonchev–Trinajstić information content (AvgIpc) is 2.65. The van der Waals surface area contributed by atoms with Crippen molar-refractivity contribution in [1.29, 1.82) is 0 Å². The maximum Gasteiger partial charge on any atom is 0.255 e. The lowest BCUT2D eigenvalue weighted by Gasteiger charge is -2.14. The fraction of sp³-hybridized carbons (Fsp3) is 0.300. The number of nitrogens with one attached hydrogen (secondary N) is 2. The third-order valence-corrected chi connectivity index (χ3v) is 3.84. The molecule has 0 aromatic heterocycles. The Balaban J connectivity index is 1.89. The SMILES string of the molecule is COc1ccc(CNC(=O)CNC(=O)c2cc(Cl)ccc2OC(C)C)cc1. The number of hydrogen-bond acceptors (Lipinski definition) is 4. The Labute approximate surface area is 163 Å². The predicted octanol–water partition coefficient (Wildman–Crippen LogP) is 3.18. The molecule has 2 aromatic carbocycles. The van der Waals surface area contributed by atoms with Crippen LogP contribution in [-0.2, 0) is 11.3 Å². The Hall–Kier alpha value is -2.73. The molecule has 0 unspecified atom stereocenters. The van der Waals surface area contributed by atoms with Crippen LogP contribution in [0.3, 0.4) is 0 Å². The van der Waals surface area contributed by atoms with Gasteiger partial charge >= 0.3 is 0 Å². The highest BCUT2D eigenvalue weighted by atomic mass is 35.5. The quantitative estimate of drug-likeness (QED) is 0.725. The van der Waals surface area contributed by atoms with E-state index < -0.39 is 5.91 Å². The molecule has 0 aliphatic heterocycles. The van der Waals surface area contributed by atoms with E-state index in [2.05, 4.69) is 10.6 Å². The number of methoxy groups -OCH3 is 1. The van der Waals surface area contributed by atoms with Gasteiger partial charge in [0.25, 0.3) is 5.91 Å². The van der Waals surface area contributed by atoms with Crippen molar-refractivity contribution in [3.8, 4) is 11.5 Å². The number of carbonyl (C=O) groups is 2. The van der Waals surface area contributed by atoms with Crippen LogP contribution >= 0.6 is 11.6 Å². The van der Waals surface area contributed by atoms with Crippen molar-refractivity contribution in [3.63, 3.8) is 0 Å². The van der Waals surface area contributed by atoms with Crippen LogP contribution in [0.25, 0.3) is 0 Å². The number of rotatable bonds is 8. The van der Waals surface area contributed by atoms with Gasteiger partial charge in [0.2, 0.25) is 5.91 Å². The van der Waals surface area contributed by atoms with Gasteiger partial charge in [0.1, 0.15) is 11.5 Å². The normalized spacial score (nSPS) is 10.4. The molecule has 0 fully saturated rings. The molecule has 7 heteroatoms. The van der Waals surface area contributed by atoms with Crippen molar-refractivity contribution >= 4 is 23.4 Å². The fourth-order valence-electron chi connectivity index (χ4n) is 2.30. The zero-order valence-electron chi connectivity index (χ0n) is 15.5. The van der Waals surface area contributed by atoms with Gasteiger partial charge in [-0.1, -0.05) is 23.7 Å². The predicted molar refractivity (Wildman–Crippen MR) is 104 cm³/mol. The lowest BCUT2D eigenvalue weighted by molar-refractivity contribution is -0.120. The Bertz CT molecular complexity index is 791. The lowest BCUT2D eigenvalue weighted by atomic mass is 10.2. The Kier molecular flexibility index (Phi) is 7.49. The molecular weight excluding hydrogens is 368 g/mol. The Morgan fingerprint density at radius 1 is 1.07 bits per heavy atom. The van der Waals surface area contributed by atoms with Gasteiger partial charge < -0.3 is 20.1 Å². The number of carbonyl (C=O) groups excluding carboxylic acids is 2. The summed E-state index contributed by atoms with van der Waals surface area (Å²) in [4.78, 5) is 24.4. The molecule has 0 atom stereocenters. The third kappa shape index (κ3) is 6.49. The summed E-state index contributed by atoms with van der Waals surface area (Å²) in [7, 11) is 1.59. The molecule has 0 bridgehead atoms. The first-order valence-electron chi connectivity index (χ1n) is 8.53. The van der Waals surface area contributed by atoms with E-state index in [9.17, 15) is 9.59 Å². The molecule has 0 saturated heterocycles. The van der Waals surface area contributed by atoms with Crippen molar-refractivity contribution in [2.24, 2.45) is 0 Å². The topological polar surface area (TPSA) is 76.7 Å². The minimum Gasteiger partial charge on any atom is -0.497 e. The van der Waals surface area contributed by atoms with Crippen LogP contribution < -0.4 is 20.1 Å². The summed E-state index contributed by atoms with van der Waals surface area (Å²) < 4.78 is 10.7. The zero-order valence-corrected chi connectivity index (χ0v) is 16.3. The fourth-order valence-corrected chi connectivity index (χ4v) is 2.47. The van der Waals surface area contributed by atoms with Crippen LogP contribution in [0.15, 0.2) is 42.5 Å². The molecule has 0 spiro atoms. The number of halogens is 1. The second-order valence-corrected chi connectivity index (χ2v) is 6.55. The molecule has 2 amide bonds. The van der Waals surface area contributed by atoms with Crippen molar-refractivity contribution in [2.45, 2.75) is 26.5 Å². The first-order valence-corrected chi connectivity index (χ1v) is 8.91. The summed E-state index contributed by atoms with van der Waals surface area (Å²) in [5, 5.41) is 5.75. The van der Waals surface area contributed by atoms with Gasteiger partial charge in [0, 0.05) is 11.6 Å². The van der Waals surface area contributed by atoms with E-state index in [0.717, 1.165) is 11.3 Å². The van der Waals surface area contributed by atoms with Crippen molar-refractivity contribution in [2.75, 3.05) is 13.7 Å². The van der Waals surface area contributed by atoms with Crippen LogP contribution in [-0.4, -0.2) is 31.6 Å². The highest BCUT2D eigenvalue weighted by Gasteiger charge is 2.15. The molecule has 27 heavy (non-hydrogen) atoms. The van der Waals surface area contributed by atoms with Gasteiger partial charge in [-0.3, -0.25) is 9.59 Å². The monoisotopic (exact) mass is 390 g/mol. The molecule has 0 aliphatic carbocycles. The summed E-state index contributed by atoms with van der Waals surface area (Å²) in [6.45, 7) is 3.94. The molecule has 6 nitrogen and oxygen atoms in total. The minimum atomic E-state index is -0.423. The summed E-state index contributed by atoms with van der Waals surface area (Å²) in [6, 6.07) is 12.2. The second kappa shape index (κ2) is 9.83. The first-order chi connectivity index (χ1) is 12.9. The molecule has 0 saturated carbocycles. The second-order valence-electron chi connectivity index (χ2n) is 6.11. The van der Waals surface area contributed by atoms with Crippen LogP contribution in [0.1, 0.15) is 29.8 Å². The van der Waals surface area contributed by atoms with Gasteiger partial charge in [-0.25, -0.2) is 0 Å².